The highest BCUT2D eigenvalue weighted by Crippen LogP contribution is 2.25. The number of benzene rings is 2. The summed E-state index contributed by atoms with van der Waals surface area (Å²) in [5.41, 5.74) is 2.06. The van der Waals surface area contributed by atoms with Gasteiger partial charge in [-0.15, -0.1) is 0 Å². The molecule has 25 heavy (non-hydrogen) atoms. The van der Waals surface area contributed by atoms with E-state index in [1.165, 1.54) is 6.07 Å². The van der Waals surface area contributed by atoms with Crippen molar-refractivity contribution in [3.8, 4) is 0 Å². The average molecular weight is 341 g/mol. The standard InChI is InChI=1S/C19H23N3O3/c1-3-11-21(13-16-7-5-4-6-8-16)14-19(23)20-17-10-9-15(2)12-18(17)22(24)25/h4-10,12H,3,11,13-14H2,1-2H3,(H,20,23). The van der Waals surface area contributed by atoms with Crippen molar-refractivity contribution in [2.24, 2.45) is 0 Å². The quantitative estimate of drug-likeness (QED) is 0.586. The Balaban J connectivity index is 2.05. The third kappa shape index (κ3) is 5.69. The molecule has 6 heteroatoms. The van der Waals surface area contributed by atoms with Crippen LogP contribution in [-0.4, -0.2) is 28.8 Å². The number of aryl methyl sites for hydroxylation is 1. The predicted molar refractivity (Wildman–Crippen MR) is 98.5 cm³/mol. The van der Waals surface area contributed by atoms with Crippen LogP contribution in [0.2, 0.25) is 0 Å². The summed E-state index contributed by atoms with van der Waals surface area (Å²) < 4.78 is 0. The van der Waals surface area contributed by atoms with Gasteiger partial charge in [0.1, 0.15) is 5.69 Å². The number of anilines is 1. The Labute approximate surface area is 147 Å². The third-order valence-corrected chi connectivity index (χ3v) is 3.78. The highest BCUT2D eigenvalue weighted by molar-refractivity contribution is 5.94. The average Bonchev–Trinajstić information content (AvgIpc) is 2.57. The molecule has 2 aromatic carbocycles. The molecule has 2 rings (SSSR count). The van der Waals surface area contributed by atoms with E-state index >= 15 is 0 Å². The lowest BCUT2D eigenvalue weighted by molar-refractivity contribution is -0.384. The zero-order valence-electron chi connectivity index (χ0n) is 14.6. The number of nitro benzene ring substituents is 1. The van der Waals surface area contributed by atoms with E-state index in [4.69, 9.17) is 0 Å². The van der Waals surface area contributed by atoms with Crippen molar-refractivity contribution < 1.29 is 9.72 Å². The Morgan fingerprint density at radius 2 is 1.92 bits per heavy atom. The van der Waals surface area contributed by atoms with Crippen LogP contribution in [0.3, 0.4) is 0 Å². The second-order valence-electron chi connectivity index (χ2n) is 6.02. The number of nitrogens with zero attached hydrogens (tertiary/aromatic N) is 2. The molecule has 0 heterocycles. The molecule has 0 aliphatic carbocycles. The van der Waals surface area contributed by atoms with E-state index in [9.17, 15) is 14.9 Å². The smallest absolute Gasteiger partial charge is 0.293 e. The first-order chi connectivity index (χ1) is 12.0. The van der Waals surface area contributed by atoms with Crippen molar-refractivity contribution in [1.82, 2.24) is 4.90 Å². The van der Waals surface area contributed by atoms with Crippen LogP contribution in [-0.2, 0) is 11.3 Å². The first kappa shape index (κ1) is 18.6. The van der Waals surface area contributed by atoms with Crippen LogP contribution in [0.5, 0.6) is 0 Å². The molecule has 1 N–H and O–H groups in total. The van der Waals surface area contributed by atoms with Crippen LogP contribution in [0.1, 0.15) is 24.5 Å². The molecule has 0 saturated carbocycles. The molecule has 0 aliphatic heterocycles. The molecule has 0 unspecified atom stereocenters. The summed E-state index contributed by atoms with van der Waals surface area (Å²) in [6.45, 7) is 5.46. The lowest BCUT2D eigenvalue weighted by Crippen LogP contribution is -2.33. The summed E-state index contributed by atoms with van der Waals surface area (Å²) in [5, 5.41) is 13.8. The van der Waals surface area contributed by atoms with Crippen LogP contribution in [0.4, 0.5) is 11.4 Å². The highest BCUT2D eigenvalue weighted by Gasteiger charge is 2.17. The van der Waals surface area contributed by atoms with Gasteiger partial charge in [0.2, 0.25) is 5.91 Å². The second kappa shape index (κ2) is 8.94. The molecular formula is C19H23N3O3. The minimum absolute atomic E-state index is 0.0848. The van der Waals surface area contributed by atoms with Crippen molar-refractivity contribution in [2.45, 2.75) is 26.8 Å². The van der Waals surface area contributed by atoms with Crippen molar-refractivity contribution in [2.75, 3.05) is 18.4 Å². The molecule has 6 nitrogen and oxygen atoms in total. The number of rotatable bonds is 8. The van der Waals surface area contributed by atoms with Gasteiger partial charge in [0.25, 0.3) is 5.69 Å². The molecule has 0 aromatic heterocycles. The molecule has 132 valence electrons. The topological polar surface area (TPSA) is 75.5 Å². The Kier molecular flexibility index (Phi) is 6.65. The van der Waals surface area contributed by atoms with E-state index in [-0.39, 0.29) is 23.8 Å². The molecule has 0 bridgehead atoms. The molecular weight excluding hydrogens is 318 g/mol. The maximum atomic E-state index is 12.4. The largest absolute Gasteiger partial charge is 0.319 e. The summed E-state index contributed by atoms with van der Waals surface area (Å²) in [6.07, 6.45) is 0.921. The van der Waals surface area contributed by atoms with Crippen LogP contribution in [0, 0.1) is 17.0 Å². The molecule has 2 aromatic rings. The van der Waals surface area contributed by atoms with Gasteiger partial charge in [0.05, 0.1) is 11.5 Å². The maximum absolute atomic E-state index is 12.4. The van der Waals surface area contributed by atoms with Gasteiger partial charge >= 0.3 is 0 Å². The van der Waals surface area contributed by atoms with Crippen molar-refractivity contribution in [3.05, 3.63) is 69.8 Å². The second-order valence-corrected chi connectivity index (χ2v) is 6.02. The number of nitrogens with one attached hydrogen (secondary N) is 1. The fourth-order valence-corrected chi connectivity index (χ4v) is 2.66. The maximum Gasteiger partial charge on any atom is 0.293 e. The molecule has 0 spiro atoms. The SMILES string of the molecule is CCCN(CC(=O)Nc1ccc(C)cc1[N+](=O)[O-])Cc1ccccc1. The summed E-state index contributed by atoms with van der Waals surface area (Å²) in [7, 11) is 0. The Morgan fingerprint density at radius 3 is 2.56 bits per heavy atom. The van der Waals surface area contributed by atoms with Crippen LogP contribution >= 0.6 is 0 Å². The van der Waals surface area contributed by atoms with E-state index in [1.54, 1.807) is 19.1 Å². The molecule has 0 atom stereocenters. The van der Waals surface area contributed by atoms with Gasteiger partial charge in [0, 0.05) is 12.6 Å². The van der Waals surface area contributed by atoms with Gasteiger partial charge in [-0.1, -0.05) is 43.3 Å². The minimum atomic E-state index is -0.476. The Bertz CT molecular complexity index is 732. The van der Waals surface area contributed by atoms with Crippen LogP contribution in [0.25, 0.3) is 0 Å². The van der Waals surface area contributed by atoms with Gasteiger partial charge in [-0.2, -0.15) is 0 Å². The summed E-state index contributed by atoms with van der Waals surface area (Å²) in [6, 6.07) is 14.7. The lowest BCUT2D eigenvalue weighted by Gasteiger charge is -2.21. The summed E-state index contributed by atoms with van der Waals surface area (Å²) in [5.74, 6) is -0.253. The fraction of sp³-hybridized carbons (Fsp3) is 0.316. The van der Waals surface area contributed by atoms with E-state index in [0.717, 1.165) is 24.1 Å². The molecule has 0 aliphatic rings. The summed E-state index contributed by atoms with van der Waals surface area (Å²) >= 11 is 0. The van der Waals surface area contributed by atoms with E-state index in [1.807, 2.05) is 35.2 Å². The number of amides is 1. The lowest BCUT2D eigenvalue weighted by atomic mass is 10.2. The van der Waals surface area contributed by atoms with Gasteiger partial charge in [-0.25, -0.2) is 0 Å². The molecule has 1 amide bonds. The van der Waals surface area contributed by atoms with E-state index < -0.39 is 4.92 Å². The van der Waals surface area contributed by atoms with Gasteiger partial charge in [-0.05, 0) is 37.1 Å². The van der Waals surface area contributed by atoms with Gasteiger partial charge in [0.15, 0.2) is 0 Å². The number of hydrogen-bond acceptors (Lipinski definition) is 4. The Morgan fingerprint density at radius 1 is 1.20 bits per heavy atom. The minimum Gasteiger partial charge on any atom is -0.319 e. The number of carbonyl (C=O) groups excluding carboxylic acids is 1. The Hall–Kier alpha value is -2.73. The molecule has 0 fully saturated rings. The van der Waals surface area contributed by atoms with Crippen molar-refractivity contribution in [3.63, 3.8) is 0 Å². The fourth-order valence-electron chi connectivity index (χ4n) is 2.66. The van der Waals surface area contributed by atoms with Crippen LogP contribution < -0.4 is 5.32 Å². The number of nitro groups is 1. The number of carbonyl (C=O) groups is 1. The predicted octanol–water partition coefficient (Wildman–Crippen LogP) is 3.75. The zero-order valence-corrected chi connectivity index (χ0v) is 14.6. The van der Waals surface area contributed by atoms with Crippen molar-refractivity contribution >= 4 is 17.3 Å². The zero-order chi connectivity index (χ0) is 18.2. The van der Waals surface area contributed by atoms with E-state index in [0.29, 0.717) is 6.54 Å². The summed E-state index contributed by atoms with van der Waals surface area (Å²) in [4.78, 5) is 25.1. The van der Waals surface area contributed by atoms with Gasteiger partial charge in [-0.3, -0.25) is 19.8 Å². The molecule has 0 radical (unpaired) electrons. The normalized spacial score (nSPS) is 10.7. The highest BCUT2D eigenvalue weighted by atomic mass is 16.6. The first-order valence-corrected chi connectivity index (χ1v) is 8.30. The monoisotopic (exact) mass is 341 g/mol. The number of hydrogen-bond donors (Lipinski definition) is 1. The van der Waals surface area contributed by atoms with Gasteiger partial charge < -0.3 is 5.32 Å². The first-order valence-electron chi connectivity index (χ1n) is 8.30. The van der Waals surface area contributed by atoms with E-state index in [2.05, 4.69) is 12.2 Å². The molecule has 0 saturated heterocycles. The van der Waals surface area contributed by atoms with Crippen LogP contribution in [0.15, 0.2) is 48.5 Å². The third-order valence-electron chi connectivity index (χ3n) is 3.78. The van der Waals surface area contributed by atoms with Crippen molar-refractivity contribution in [1.29, 1.82) is 0 Å².